The first-order valence-electron chi connectivity index (χ1n) is 9.31. The fourth-order valence-electron chi connectivity index (χ4n) is 4.03. The van der Waals surface area contributed by atoms with Crippen molar-refractivity contribution in [3.63, 3.8) is 0 Å². The third-order valence-corrected chi connectivity index (χ3v) is 5.39. The number of hydrogen-bond donors (Lipinski definition) is 1. The number of carbonyl (C=O) groups is 1. The second-order valence-electron chi connectivity index (χ2n) is 6.98. The average molecular weight is 353 g/mol. The first kappa shape index (κ1) is 17.2. The number of benzene rings is 2. The standard InChI is InChI=1S/C21H24FN3O/c22-18-6-3-5-17(14-18)20-15-23-10-13-24(20)11-9-21(26)25-12-8-16-4-1-2-7-19(16)25/h1-7,14,20,23H,8-13,15H2. The molecule has 2 aromatic rings. The van der Waals surface area contributed by atoms with Gasteiger partial charge < -0.3 is 10.2 Å². The lowest BCUT2D eigenvalue weighted by Crippen LogP contribution is -2.47. The highest BCUT2D eigenvalue weighted by atomic mass is 19.1. The third kappa shape index (κ3) is 3.50. The van der Waals surface area contributed by atoms with Crippen molar-refractivity contribution >= 4 is 11.6 Å². The number of rotatable bonds is 4. The minimum absolute atomic E-state index is 0.109. The summed E-state index contributed by atoms with van der Waals surface area (Å²) < 4.78 is 13.6. The van der Waals surface area contributed by atoms with E-state index >= 15 is 0 Å². The maximum absolute atomic E-state index is 13.6. The van der Waals surface area contributed by atoms with E-state index in [0.29, 0.717) is 13.0 Å². The highest BCUT2D eigenvalue weighted by molar-refractivity contribution is 5.95. The van der Waals surface area contributed by atoms with Gasteiger partial charge in [-0.3, -0.25) is 9.69 Å². The first-order valence-corrected chi connectivity index (χ1v) is 9.31. The van der Waals surface area contributed by atoms with Crippen LogP contribution in [-0.4, -0.2) is 43.5 Å². The van der Waals surface area contributed by atoms with Crippen LogP contribution in [0.1, 0.15) is 23.6 Å². The number of para-hydroxylation sites is 1. The van der Waals surface area contributed by atoms with Crippen molar-refractivity contribution in [2.45, 2.75) is 18.9 Å². The Hall–Kier alpha value is -2.24. The lowest BCUT2D eigenvalue weighted by molar-refractivity contribution is -0.119. The van der Waals surface area contributed by atoms with Gasteiger partial charge in [-0.05, 0) is 35.7 Å². The molecule has 5 heteroatoms. The molecule has 26 heavy (non-hydrogen) atoms. The Labute approximate surface area is 153 Å². The molecule has 1 fully saturated rings. The Bertz CT molecular complexity index is 794. The summed E-state index contributed by atoms with van der Waals surface area (Å²) in [6, 6.07) is 15.0. The van der Waals surface area contributed by atoms with Crippen molar-refractivity contribution in [1.29, 1.82) is 0 Å². The molecule has 1 atom stereocenters. The molecule has 1 amide bonds. The molecule has 136 valence electrons. The van der Waals surface area contributed by atoms with E-state index in [0.717, 1.165) is 43.9 Å². The van der Waals surface area contributed by atoms with Crippen LogP contribution in [0.4, 0.5) is 10.1 Å². The number of piperazine rings is 1. The van der Waals surface area contributed by atoms with Crippen molar-refractivity contribution in [3.8, 4) is 0 Å². The van der Waals surface area contributed by atoms with E-state index in [1.165, 1.54) is 11.6 Å². The minimum atomic E-state index is -0.210. The topological polar surface area (TPSA) is 35.6 Å². The molecule has 4 nitrogen and oxygen atoms in total. The Morgan fingerprint density at radius 2 is 2.04 bits per heavy atom. The van der Waals surface area contributed by atoms with Gasteiger partial charge in [0.15, 0.2) is 0 Å². The van der Waals surface area contributed by atoms with Gasteiger partial charge in [-0.25, -0.2) is 4.39 Å². The molecule has 0 saturated carbocycles. The SMILES string of the molecule is O=C(CCN1CCNCC1c1cccc(F)c1)N1CCc2ccccc21. The number of fused-ring (bicyclic) bond motifs is 1. The Morgan fingerprint density at radius 3 is 2.92 bits per heavy atom. The van der Waals surface area contributed by atoms with Gasteiger partial charge in [0.1, 0.15) is 5.82 Å². The summed E-state index contributed by atoms with van der Waals surface area (Å²) in [5, 5.41) is 3.38. The molecule has 2 aliphatic rings. The van der Waals surface area contributed by atoms with Crippen molar-refractivity contribution in [3.05, 3.63) is 65.5 Å². The van der Waals surface area contributed by atoms with Crippen molar-refractivity contribution in [2.75, 3.05) is 37.6 Å². The summed E-state index contributed by atoms with van der Waals surface area (Å²) in [7, 11) is 0. The van der Waals surface area contributed by atoms with E-state index in [4.69, 9.17) is 0 Å². The largest absolute Gasteiger partial charge is 0.314 e. The maximum atomic E-state index is 13.6. The van der Waals surface area contributed by atoms with Crippen LogP contribution in [0.3, 0.4) is 0 Å². The zero-order chi connectivity index (χ0) is 17.9. The predicted molar refractivity (Wildman–Crippen MR) is 101 cm³/mol. The average Bonchev–Trinajstić information content (AvgIpc) is 3.10. The summed E-state index contributed by atoms with van der Waals surface area (Å²) in [5.41, 5.74) is 3.27. The molecule has 0 bridgehead atoms. The van der Waals surface area contributed by atoms with Gasteiger partial charge in [0, 0.05) is 50.9 Å². The normalized spacial score (nSPS) is 20.2. The summed E-state index contributed by atoms with van der Waals surface area (Å²) in [5.74, 6) is -0.0377. The number of anilines is 1. The van der Waals surface area contributed by atoms with Gasteiger partial charge in [0.25, 0.3) is 0 Å². The number of halogens is 1. The first-order chi connectivity index (χ1) is 12.7. The Kier molecular flexibility index (Phi) is 5.00. The van der Waals surface area contributed by atoms with E-state index in [9.17, 15) is 9.18 Å². The molecule has 1 unspecified atom stereocenters. The van der Waals surface area contributed by atoms with Crippen LogP contribution in [0.5, 0.6) is 0 Å². The van der Waals surface area contributed by atoms with Gasteiger partial charge in [0.2, 0.25) is 5.91 Å². The van der Waals surface area contributed by atoms with Crippen LogP contribution in [-0.2, 0) is 11.2 Å². The minimum Gasteiger partial charge on any atom is -0.314 e. The fraction of sp³-hybridized carbons (Fsp3) is 0.381. The van der Waals surface area contributed by atoms with Crippen LogP contribution < -0.4 is 10.2 Å². The number of nitrogens with zero attached hydrogens (tertiary/aromatic N) is 2. The predicted octanol–water partition coefficient (Wildman–Crippen LogP) is 2.75. The summed E-state index contributed by atoms with van der Waals surface area (Å²) >= 11 is 0. The third-order valence-electron chi connectivity index (χ3n) is 5.39. The molecular formula is C21H24FN3O. The van der Waals surface area contributed by atoms with Gasteiger partial charge in [-0.15, -0.1) is 0 Å². The second kappa shape index (κ2) is 7.56. The van der Waals surface area contributed by atoms with E-state index in [1.54, 1.807) is 12.1 Å². The number of nitrogens with one attached hydrogen (secondary N) is 1. The van der Waals surface area contributed by atoms with Gasteiger partial charge >= 0.3 is 0 Å². The van der Waals surface area contributed by atoms with E-state index in [1.807, 2.05) is 29.2 Å². The Morgan fingerprint density at radius 1 is 1.15 bits per heavy atom. The van der Waals surface area contributed by atoms with Gasteiger partial charge in [0.05, 0.1) is 0 Å². The van der Waals surface area contributed by atoms with Crippen molar-refractivity contribution in [1.82, 2.24) is 10.2 Å². The molecule has 1 saturated heterocycles. The van der Waals surface area contributed by atoms with E-state index in [2.05, 4.69) is 16.3 Å². The van der Waals surface area contributed by atoms with Gasteiger partial charge in [-0.2, -0.15) is 0 Å². The number of amides is 1. The van der Waals surface area contributed by atoms with Crippen LogP contribution in [0.25, 0.3) is 0 Å². The highest BCUT2D eigenvalue weighted by Gasteiger charge is 2.27. The molecule has 0 aliphatic carbocycles. The zero-order valence-corrected chi connectivity index (χ0v) is 14.8. The Balaban J connectivity index is 1.42. The molecule has 2 heterocycles. The molecular weight excluding hydrogens is 329 g/mol. The fourth-order valence-corrected chi connectivity index (χ4v) is 4.03. The molecule has 4 rings (SSSR count). The van der Waals surface area contributed by atoms with Crippen LogP contribution >= 0.6 is 0 Å². The van der Waals surface area contributed by atoms with Gasteiger partial charge in [-0.1, -0.05) is 30.3 Å². The lowest BCUT2D eigenvalue weighted by Gasteiger charge is -2.36. The summed E-state index contributed by atoms with van der Waals surface area (Å²) in [6.45, 7) is 4.01. The molecule has 2 aliphatic heterocycles. The molecule has 0 spiro atoms. The summed E-state index contributed by atoms with van der Waals surface area (Å²) in [6.07, 6.45) is 1.42. The van der Waals surface area contributed by atoms with Crippen molar-refractivity contribution < 1.29 is 9.18 Å². The number of hydrogen-bond acceptors (Lipinski definition) is 3. The lowest BCUT2D eigenvalue weighted by atomic mass is 10.0. The smallest absolute Gasteiger partial charge is 0.228 e. The molecule has 0 radical (unpaired) electrons. The summed E-state index contributed by atoms with van der Waals surface area (Å²) in [4.78, 5) is 17.0. The van der Waals surface area contributed by atoms with Crippen LogP contribution in [0.2, 0.25) is 0 Å². The highest BCUT2D eigenvalue weighted by Crippen LogP contribution is 2.28. The van der Waals surface area contributed by atoms with Crippen molar-refractivity contribution in [2.24, 2.45) is 0 Å². The monoisotopic (exact) mass is 353 g/mol. The molecule has 1 N–H and O–H groups in total. The number of carbonyl (C=O) groups excluding carboxylic acids is 1. The second-order valence-corrected chi connectivity index (χ2v) is 6.98. The van der Waals surface area contributed by atoms with E-state index < -0.39 is 0 Å². The van der Waals surface area contributed by atoms with Crippen LogP contribution in [0.15, 0.2) is 48.5 Å². The quantitative estimate of drug-likeness (QED) is 0.918. The molecule has 0 aromatic heterocycles. The van der Waals surface area contributed by atoms with Crippen LogP contribution in [0, 0.1) is 5.82 Å². The maximum Gasteiger partial charge on any atom is 0.228 e. The molecule has 2 aromatic carbocycles. The van der Waals surface area contributed by atoms with E-state index in [-0.39, 0.29) is 17.8 Å². The zero-order valence-electron chi connectivity index (χ0n) is 14.8.